The van der Waals surface area contributed by atoms with E-state index in [-0.39, 0.29) is 43.5 Å². The van der Waals surface area contributed by atoms with Crippen LogP contribution in [0.3, 0.4) is 0 Å². The zero-order valence-electron chi connectivity index (χ0n) is 23.3. The van der Waals surface area contributed by atoms with E-state index in [9.17, 15) is 19.5 Å². The van der Waals surface area contributed by atoms with Gasteiger partial charge in [-0.15, -0.1) is 13.2 Å². The molecule has 9 nitrogen and oxygen atoms in total. The van der Waals surface area contributed by atoms with Crippen LogP contribution in [0.2, 0.25) is 0 Å². The summed E-state index contributed by atoms with van der Waals surface area (Å²) in [6.07, 6.45) is 4.32. The third kappa shape index (κ3) is 4.98. The van der Waals surface area contributed by atoms with Gasteiger partial charge in [0.05, 0.1) is 24.5 Å². The van der Waals surface area contributed by atoms with Crippen LogP contribution in [0.1, 0.15) is 40.0 Å². The monoisotopic (exact) mass is 539 g/mol. The van der Waals surface area contributed by atoms with Crippen LogP contribution in [0.15, 0.2) is 49.6 Å². The number of rotatable bonds is 13. The largest absolute Gasteiger partial charge is 0.494 e. The summed E-state index contributed by atoms with van der Waals surface area (Å²) in [7, 11) is 0. The summed E-state index contributed by atoms with van der Waals surface area (Å²) in [5.74, 6) is -1.47. The number of hydrogen-bond acceptors (Lipinski definition) is 6. The summed E-state index contributed by atoms with van der Waals surface area (Å²) < 4.78 is 12.1. The summed E-state index contributed by atoms with van der Waals surface area (Å²) in [6.45, 7) is 14.6. The second-order valence-corrected chi connectivity index (χ2v) is 10.7. The lowest BCUT2D eigenvalue weighted by atomic mass is 9.70. The number of fused-ring (bicyclic) bond motifs is 1. The van der Waals surface area contributed by atoms with Gasteiger partial charge in [-0.1, -0.05) is 12.2 Å². The lowest BCUT2D eigenvalue weighted by Crippen LogP contribution is -2.57. The summed E-state index contributed by atoms with van der Waals surface area (Å²) in [5, 5.41) is 9.55. The van der Waals surface area contributed by atoms with Crippen molar-refractivity contribution in [1.29, 1.82) is 0 Å². The number of benzene rings is 1. The molecule has 1 N–H and O–H groups in total. The molecule has 3 amide bonds. The summed E-state index contributed by atoms with van der Waals surface area (Å²) in [4.78, 5) is 47.2. The number of aliphatic hydroxyl groups is 1. The third-order valence-corrected chi connectivity index (χ3v) is 8.15. The maximum absolute atomic E-state index is 14.2. The van der Waals surface area contributed by atoms with Crippen molar-refractivity contribution in [3.8, 4) is 5.75 Å². The number of likely N-dealkylation sites (tertiary alicyclic amines) is 1. The first-order valence-corrected chi connectivity index (χ1v) is 13.9. The molecule has 1 aromatic rings. The molecule has 0 aromatic heterocycles. The molecule has 3 fully saturated rings. The zero-order valence-corrected chi connectivity index (χ0v) is 23.3. The Morgan fingerprint density at radius 3 is 2.49 bits per heavy atom. The fourth-order valence-electron chi connectivity index (χ4n) is 6.57. The van der Waals surface area contributed by atoms with Crippen molar-refractivity contribution in [2.45, 2.75) is 63.8 Å². The summed E-state index contributed by atoms with van der Waals surface area (Å²) >= 11 is 0. The first-order valence-electron chi connectivity index (χ1n) is 13.9. The van der Waals surface area contributed by atoms with Crippen LogP contribution in [-0.4, -0.2) is 89.3 Å². The lowest BCUT2D eigenvalue weighted by molar-refractivity contribution is -0.149. The van der Waals surface area contributed by atoms with Crippen LogP contribution in [0.4, 0.5) is 5.69 Å². The normalized spacial score (nSPS) is 27.0. The Balaban J connectivity index is 1.71. The Morgan fingerprint density at radius 1 is 1.21 bits per heavy atom. The van der Waals surface area contributed by atoms with Gasteiger partial charge in [0.15, 0.2) is 0 Å². The van der Waals surface area contributed by atoms with Crippen molar-refractivity contribution in [2.75, 3.05) is 37.7 Å². The molecular weight excluding hydrogens is 498 g/mol. The molecule has 0 saturated carbocycles. The van der Waals surface area contributed by atoms with Gasteiger partial charge in [-0.05, 0) is 64.3 Å². The molecule has 1 aromatic carbocycles. The Kier molecular flexibility index (Phi) is 8.81. The van der Waals surface area contributed by atoms with E-state index in [0.717, 1.165) is 0 Å². The van der Waals surface area contributed by atoms with Crippen molar-refractivity contribution in [3.05, 3.63) is 49.6 Å². The van der Waals surface area contributed by atoms with Gasteiger partial charge >= 0.3 is 0 Å². The Morgan fingerprint density at radius 2 is 1.90 bits per heavy atom. The molecule has 2 unspecified atom stereocenters. The third-order valence-electron chi connectivity index (χ3n) is 8.15. The number of nitrogens with zero attached hydrogens (tertiary/aromatic N) is 3. The van der Waals surface area contributed by atoms with E-state index in [1.165, 1.54) is 0 Å². The molecule has 3 heterocycles. The van der Waals surface area contributed by atoms with E-state index in [0.29, 0.717) is 43.9 Å². The second-order valence-electron chi connectivity index (χ2n) is 10.7. The predicted octanol–water partition coefficient (Wildman–Crippen LogP) is 2.78. The molecular formula is C30H41N3O6. The lowest BCUT2D eigenvalue weighted by Gasteiger charge is -2.38. The van der Waals surface area contributed by atoms with Gasteiger partial charge in [-0.3, -0.25) is 14.4 Å². The van der Waals surface area contributed by atoms with Gasteiger partial charge in [-0.2, -0.15) is 0 Å². The fraction of sp³-hybridized carbons (Fsp3) is 0.567. The van der Waals surface area contributed by atoms with Crippen LogP contribution < -0.4 is 9.64 Å². The van der Waals surface area contributed by atoms with E-state index >= 15 is 0 Å². The summed E-state index contributed by atoms with van der Waals surface area (Å²) in [5.41, 5.74) is -0.408. The van der Waals surface area contributed by atoms with Gasteiger partial charge in [-0.25, -0.2) is 0 Å². The quantitative estimate of drug-likeness (QED) is 0.387. The molecule has 3 saturated heterocycles. The van der Waals surface area contributed by atoms with E-state index in [1.807, 2.05) is 45.0 Å². The highest BCUT2D eigenvalue weighted by atomic mass is 16.5. The predicted molar refractivity (Wildman–Crippen MR) is 148 cm³/mol. The molecule has 39 heavy (non-hydrogen) atoms. The van der Waals surface area contributed by atoms with Crippen LogP contribution in [0, 0.1) is 11.8 Å². The van der Waals surface area contributed by atoms with Gasteiger partial charge in [0.1, 0.15) is 17.4 Å². The second kappa shape index (κ2) is 11.9. The number of carbonyl (C=O) groups excluding carboxylic acids is 3. The molecule has 2 bridgehead atoms. The number of carbonyl (C=O) groups is 3. The highest BCUT2D eigenvalue weighted by Gasteiger charge is 2.74. The zero-order chi connectivity index (χ0) is 28.3. The molecule has 212 valence electrons. The van der Waals surface area contributed by atoms with Crippen LogP contribution >= 0.6 is 0 Å². The molecule has 0 radical (unpaired) electrons. The van der Waals surface area contributed by atoms with Crippen molar-refractivity contribution in [3.63, 3.8) is 0 Å². The van der Waals surface area contributed by atoms with Crippen LogP contribution in [0.25, 0.3) is 0 Å². The minimum atomic E-state index is -1.08. The van der Waals surface area contributed by atoms with Gasteiger partial charge in [0.2, 0.25) is 17.7 Å². The standard InChI is InChI=1S/C30H41N3O6/c1-6-16-31(20(4)5)29(37)26-30-15-14-23(39-30)24(25(30)28(36)33(26)18-9-19-34)27(35)32(17-7-2)21-10-12-22(13-11-21)38-8-3/h6-7,10-13,20,23-26,34H,1-2,8-9,14-19H2,3-5H3/t23-,24+,25+,26?,30?/m1/s1. The number of ether oxygens (including phenoxy) is 2. The smallest absolute Gasteiger partial charge is 0.248 e. The SMILES string of the molecule is C=CCN(C(=O)[C@@H]1[C@H]2C(=O)N(CCCO)C(C(=O)N(CC=C)C(C)C)C23CC[C@H]1O3)c1ccc(OCC)cc1. The van der Waals surface area contributed by atoms with Gasteiger partial charge in [0.25, 0.3) is 0 Å². The molecule has 9 heteroatoms. The highest BCUT2D eigenvalue weighted by molar-refractivity contribution is 6.03. The highest BCUT2D eigenvalue weighted by Crippen LogP contribution is 2.59. The number of anilines is 1. The van der Waals surface area contributed by atoms with E-state index in [4.69, 9.17) is 9.47 Å². The van der Waals surface area contributed by atoms with Gasteiger partial charge < -0.3 is 29.3 Å². The fourth-order valence-corrected chi connectivity index (χ4v) is 6.57. The first-order chi connectivity index (χ1) is 18.7. The number of amides is 3. The average molecular weight is 540 g/mol. The summed E-state index contributed by atoms with van der Waals surface area (Å²) in [6, 6.07) is 6.30. The molecule has 5 atom stereocenters. The van der Waals surface area contributed by atoms with E-state index in [2.05, 4.69) is 13.2 Å². The van der Waals surface area contributed by atoms with Gasteiger partial charge in [0, 0.05) is 38.0 Å². The minimum Gasteiger partial charge on any atom is -0.494 e. The Hall–Kier alpha value is -3.17. The molecule has 4 rings (SSSR count). The minimum absolute atomic E-state index is 0.112. The average Bonchev–Trinajstić information content (AvgIpc) is 3.56. The number of hydrogen-bond donors (Lipinski definition) is 1. The molecule has 1 spiro atoms. The van der Waals surface area contributed by atoms with Crippen molar-refractivity contribution >= 4 is 23.4 Å². The topological polar surface area (TPSA) is 99.6 Å². The Labute approximate surface area is 231 Å². The first kappa shape index (κ1) is 28.8. The molecule has 0 aliphatic carbocycles. The maximum Gasteiger partial charge on any atom is 0.248 e. The number of aliphatic hydroxyl groups excluding tert-OH is 1. The molecule has 3 aliphatic heterocycles. The van der Waals surface area contributed by atoms with Crippen molar-refractivity contribution in [2.24, 2.45) is 11.8 Å². The van der Waals surface area contributed by atoms with Crippen molar-refractivity contribution in [1.82, 2.24) is 9.80 Å². The van der Waals surface area contributed by atoms with Crippen LogP contribution in [-0.2, 0) is 19.1 Å². The Bertz CT molecular complexity index is 1090. The van der Waals surface area contributed by atoms with Crippen molar-refractivity contribution < 1.29 is 29.0 Å². The van der Waals surface area contributed by atoms with E-state index < -0.39 is 29.6 Å². The molecule has 3 aliphatic rings. The van der Waals surface area contributed by atoms with Crippen LogP contribution in [0.5, 0.6) is 5.75 Å². The van der Waals surface area contributed by atoms with E-state index in [1.54, 1.807) is 26.9 Å². The maximum atomic E-state index is 14.2.